The van der Waals surface area contributed by atoms with Crippen LogP contribution in [0.15, 0.2) is 32.9 Å². The predicted octanol–water partition coefficient (Wildman–Crippen LogP) is 4.89. The molecule has 8 nitrogen and oxygen atoms in total. The Morgan fingerprint density at radius 3 is 2.71 bits per heavy atom. The van der Waals surface area contributed by atoms with Crippen molar-refractivity contribution in [3.63, 3.8) is 0 Å². The Bertz CT molecular complexity index is 829. The average molecular weight is 395 g/mol. The molecule has 0 unspecified atom stereocenters. The van der Waals surface area contributed by atoms with Crippen LogP contribution in [0.4, 0.5) is 17.2 Å². The van der Waals surface area contributed by atoms with E-state index in [1.165, 1.54) is 18.2 Å². The maximum atomic E-state index is 12.0. The number of esters is 1. The number of nitrogens with one attached hydrogen (secondary N) is 1. The number of carbonyl (C=O) groups excluding carboxylic acids is 1. The Labute approximate surface area is 146 Å². The van der Waals surface area contributed by atoms with Gasteiger partial charge in [-0.05, 0) is 42.8 Å². The van der Waals surface area contributed by atoms with Crippen molar-refractivity contribution in [1.82, 2.24) is 4.98 Å². The summed E-state index contributed by atoms with van der Waals surface area (Å²) >= 11 is 3.27. The van der Waals surface area contributed by atoms with Gasteiger partial charge in [0.1, 0.15) is 5.69 Å². The van der Waals surface area contributed by atoms with E-state index in [-0.39, 0.29) is 12.3 Å². The predicted molar refractivity (Wildman–Crippen MR) is 91.2 cm³/mol. The standard InChI is InChI=1S/C15H15BrN4O4/c1-4-24-15(21)13-8(2)14(17-9(13)3)19-18-12-7-10(20(22)23)5-6-11(12)16/h5-7,17H,4H2,1-3H3. The molecule has 1 N–H and O–H groups in total. The van der Waals surface area contributed by atoms with Gasteiger partial charge in [0, 0.05) is 27.9 Å². The number of aromatic nitrogens is 1. The van der Waals surface area contributed by atoms with Crippen LogP contribution < -0.4 is 0 Å². The van der Waals surface area contributed by atoms with Crippen molar-refractivity contribution in [2.45, 2.75) is 20.8 Å². The molecule has 2 rings (SSSR count). The Kier molecular flexibility index (Phi) is 5.45. The fourth-order valence-corrected chi connectivity index (χ4v) is 2.46. The summed E-state index contributed by atoms with van der Waals surface area (Å²) in [6.45, 7) is 5.48. The van der Waals surface area contributed by atoms with Crippen LogP contribution in [0, 0.1) is 24.0 Å². The van der Waals surface area contributed by atoms with Gasteiger partial charge < -0.3 is 9.72 Å². The normalized spacial score (nSPS) is 11.0. The first kappa shape index (κ1) is 17.8. The van der Waals surface area contributed by atoms with Crippen LogP contribution in [0.5, 0.6) is 0 Å². The third-order valence-corrected chi connectivity index (χ3v) is 3.96. The monoisotopic (exact) mass is 394 g/mol. The van der Waals surface area contributed by atoms with E-state index in [0.29, 0.717) is 32.8 Å². The minimum absolute atomic E-state index is 0.0845. The van der Waals surface area contributed by atoms with Crippen LogP contribution in [0.3, 0.4) is 0 Å². The number of nitro groups is 1. The number of ether oxygens (including phenoxy) is 1. The molecule has 0 aliphatic carbocycles. The number of nitro benzene ring substituents is 1. The van der Waals surface area contributed by atoms with Crippen molar-refractivity contribution in [3.8, 4) is 0 Å². The Hall–Kier alpha value is -2.55. The van der Waals surface area contributed by atoms with E-state index in [1.807, 2.05) is 0 Å². The van der Waals surface area contributed by atoms with Gasteiger partial charge in [0.15, 0.2) is 5.82 Å². The maximum absolute atomic E-state index is 12.0. The molecule has 0 fully saturated rings. The van der Waals surface area contributed by atoms with Gasteiger partial charge in [-0.15, -0.1) is 10.2 Å². The van der Waals surface area contributed by atoms with Crippen LogP contribution in [0.2, 0.25) is 0 Å². The Morgan fingerprint density at radius 2 is 2.08 bits per heavy atom. The lowest BCUT2D eigenvalue weighted by atomic mass is 10.1. The molecular formula is C15H15BrN4O4. The van der Waals surface area contributed by atoms with Crippen LogP contribution in [0.1, 0.15) is 28.5 Å². The second-order valence-corrected chi connectivity index (χ2v) is 5.77. The first-order valence-corrected chi connectivity index (χ1v) is 7.86. The number of hydrogen-bond donors (Lipinski definition) is 1. The van der Waals surface area contributed by atoms with E-state index in [9.17, 15) is 14.9 Å². The molecule has 0 bridgehead atoms. The van der Waals surface area contributed by atoms with Crippen LogP contribution in [0.25, 0.3) is 0 Å². The number of azo groups is 1. The second-order valence-electron chi connectivity index (χ2n) is 4.91. The fourth-order valence-electron chi connectivity index (χ4n) is 2.14. The summed E-state index contributed by atoms with van der Waals surface area (Å²) in [4.78, 5) is 25.3. The number of benzene rings is 1. The molecular weight excluding hydrogens is 380 g/mol. The molecule has 0 amide bonds. The third-order valence-electron chi connectivity index (χ3n) is 3.29. The van der Waals surface area contributed by atoms with E-state index >= 15 is 0 Å². The number of non-ortho nitro benzene ring substituents is 1. The molecule has 1 aromatic heterocycles. The molecule has 0 atom stereocenters. The van der Waals surface area contributed by atoms with Gasteiger partial charge in [0.2, 0.25) is 0 Å². The van der Waals surface area contributed by atoms with E-state index < -0.39 is 10.9 Å². The van der Waals surface area contributed by atoms with Crippen LogP contribution in [-0.4, -0.2) is 22.5 Å². The van der Waals surface area contributed by atoms with Crippen molar-refractivity contribution >= 4 is 39.1 Å². The van der Waals surface area contributed by atoms with Crippen molar-refractivity contribution in [3.05, 3.63) is 49.6 Å². The first-order chi connectivity index (χ1) is 11.3. The van der Waals surface area contributed by atoms with E-state index in [0.717, 1.165) is 0 Å². The Morgan fingerprint density at radius 1 is 1.38 bits per heavy atom. The summed E-state index contributed by atoms with van der Waals surface area (Å²) in [6.07, 6.45) is 0. The van der Waals surface area contributed by atoms with Gasteiger partial charge in [-0.3, -0.25) is 10.1 Å². The zero-order valence-electron chi connectivity index (χ0n) is 13.3. The summed E-state index contributed by atoms with van der Waals surface area (Å²) in [5.74, 6) is -0.0318. The summed E-state index contributed by atoms with van der Waals surface area (Å²) < 4.78 is 5.59. The minimum atomic E-state index is -0.506. The van der Waals surface area contributed by atoms with Crippen molar-refractivity contribution in [1.29, 1.82) is 0 Å². The molecule has 9 heteroatoms. The molecule has 0 aliphatic heterocycles. The molecule has 0 saturated heterocycles. The highest BCUT2D eigenvalue weighted by Crippen LogP contribution is 2.32. The molecule has 0 radical (unpaired) electrons. The molecule has 2 aromatic rings. The summed E-state index contributed by atoms with van der Waals surface area (Å²) in [7, 11) is 0. The number of rotatable bonds is 5. The lowest BCUT2D eigenvalue weighted by Crippen LogP contribution is -2.06. The number of aromatic amines is 1. The number of halogens is 1. The number of H-pyrrole nitrogens is 1. The molecule has 1 heterocycles. The summed E-state index contributed by atoms with van der Waals surface area (Å²) in [5, 5.41) is 18.9. The highest BCUT2D eigenvalue weighted by molar-refractivity contribution is 9.10. The smallest absolute Gasteiger partial charge is 0.340 e. The molecule has 0 saturated carbocycles. The number of aryl methyl sites for hydroxylation is 1. The summed E-state index contributed by atoms with van der Waals surface area (Å²) in [6, 6.07) is 4.21. The van der Waals surface area contributed by atoms with Gasteiger partial charge in [0.25, 0.3) is 5.69 Å². The lowest BCUT2D eigenvalue weighted by molar-refractivity contribution is -0.384. The van der Waals surface area contributed by atoms with Gasteiger partial charge in [-0.25, -0.2) is 4.79 Å². The molecule has 126 valence electrons. The van der Waals surface area contributed by atoms with E-state index in [1.54, 1.807) is 20.8 Å². The topological polar surface area (TPSA) is 110 Å². The second kappa shape index (κ2) is 7.35. The minimum Gasteiger partial charge on any atom is -0.462 e. The van der Waals surface area contributed by atoms with Gasteiger partial charge >= 0.3 is 5.97 Å². The van der Waals surface area contributed by atoms with Gasteiger partial charge in [-0.2, -0.15) is 0 Å². The quantitative estimate of drug-likeness (QED) is 0.336. The SMILES string of the molecule is CCOC(=O)c1c(C)[nH]c(N=Nc2cc([N+](=O)[O-])ccc2Br)c1C. The molecule has 0 aliphatic rings. The average Bonchev–Trinajstić information content (AvgIpc) is 2.80. The number of hydrogen-bond acceptors (Lipinski definition) is 6. The van der Waals surface area contributed by atoms with Crippen molar-refractivity contribution in [2.75, 3.05) is 6.61 Å². The lowest BCUT2D eigenvalue weighted by Gasteiger charge is -2.01. The van der Waals surface area contributed by atoms with Gasteiger partial charge in [-0.1, -0.05) is 0 Å². The number of carbonyl (C=O) groups is 1. The molecule has 24 heavy (non-hydrogen) atoms. The van der Waals surface area contributed by atoms with Crippen LogP contribution >= 0.6 is 15.9 Å². The van der Waals surface area contributed by atoms with Crippen molar-refractivity contribution < 1.29 is 14.5 Å². The zero-order valence-corrected chi connectivity index (χ0v) is 14.9. The summed E-state index contributed by atoms with van der Waals surface area (Å²) in [5.41, 5.74) is 1.88. The number of nitrogens with zero attached hydrogens (tertiary/aromatic N) is 3. The largest absolute Gasteiger partial charge is 0.462 e. The fraction of sp³-hybridized carbons (Fsp3) is 0.267. The molecule has 0 spiro atoms. The highest BCUT2D eigenvalue weighted by Gasteiger charge is 2.19. The first-order valence-electron chi connectivity index (χ1n) is 7.07. The van der Waals surface area contributed by atoms with Crippen molar-refractivity contribution in [2.24, 2.45) is 10.2 Å². The van der Waals surface area contributed by atoms with Crippen LogP contribution in [-0.2, 0) is 4.74 Å². The maximum Gasteiger partial charge on any atom is 0.340 e. The zero-order chi connectivity index (χ0) is 17.9. The van der Waals surface area contributed by atoms with E-state index in [4.69, 9.17) is 4.74 Å². The Balaban J connectivity index is 2.37. The molecule has 1 aromatic carbocycles. The van der Waals surface area contributed by atoms with E-state index in [2.05, 4.69) is 31.1 Å². The highest BCUT2D eigenvalue weighted by atomic mass is 79.9. The van der Waals surface area contributed by atoms with Gasteiger partial charge in [0.05, 0.1) is 17.1 Å². The third kappa shape index (κ3) is 3.67.